The van der Waals surface area contributed by atoms with Gasteiger partial charge in [0.05, 0.1) is 11.2 Å². The number of nitrogens with one attached hydrogen (secondary N) is 1. The van der Waals surface area contributed by atoms with E-state index in [1.807, 2.05) is 24.3 Å². The summed E-state index contributed by atoms with van der Waals surface area (Å²) in [6, 6.07) is 14.4. The van der Waals surface area contributed by atoms with E-state index in [1.54, 1.807) is 35.0 Å². The van der Waals surface area contributed by atoms with E-state index < -0.39 is 11.8 Å². The number of ether oxygens (including phenoxy) is 1. The highest BCUT2D eigenvalue weighted by Gasteiger charge is 2.08. The molecule has 3 rings (SSSR count). The summed E-state index contributed by atoms with van der Waals surface area (Å²) >= 11 is 5.96. The number of halogens is 1. The first-order chi connectivity index (χ1) is 13.0. The molecule has 2 amide bonds. The smallest absolute Gasteiger partial charge is 0.277 e. The van der Waals surface area contributed by atoms with Crippen molar-refractivity contribution < 1.29 is 14.3 Å². The molecular weight excluding hydrogens is 368 g/mol. The van der Waals surface area contributed by atoms with Crippen molar-refractivity contribution in [1.82, 2.24) is 9.99 Å². The van der Waals surface area contributed by atoms with Crippen molar-refractivity contribution in [3.05, 3.63) is 65.3 Å². The van der Waals surface area contributed by atoms with E-state index in [0.717, 1.165) is 16.5 Å². The molecule has 2 aromatic carbocycles. The molecule has 138 valence electrons. The average Bonchev–Trinajstić information content (AvgIpc) is 2.98. The first-order valence-electron chi connectivity index (χ1n) is 8.10. The predicted octanol–water partition coefficient (Wildman–Crippen LogP) is 2.31. The molecule has 0 saturated carbocycles. The number of nitrogens with zero attached hydrogens (tertiary/aromatic N) is 2. The highest BCUT2D eigenvalue weighted by Crippen LogP contribution is 2.23. The second-order valence-corrected chi connectivity index (χ2v) is 6.12. The summed E-state index contributed by atoms with van der Waals surface area (Å²) in [6.45, 7) is -0.156. The number of hydrogen-bond donors (Lipinski definition) is 2. The zero-order valence-electron chi connectivity index (χ0n) is 14.3. The van der Waals surface area contributed by atoms with E-state index >= 15 is 0 Å². The van der Waals surface area contributed by atoms with Crippen LogP contribution in [0.3, 0.4) is 0 Å². The molecule has 8 heteroatoms. The third kappa shape index (κ3) is 4.65. The fourth-order valence-electron chi connectivity index (χ4n) is 2.59. The molecule has 3 N–H and O–H groups in total. The lowest BCUT2D eigenvalue weighted by atomic mass is 10.2. The number of fused-ring (bicyclic) bond motifs is 1. The van der Waals surface area contributed by atoms with Crippen molar-refractivity contribution in [3.8, 4) is 5.75 Å². The number of hydrazone groups is 1. The Hall–Kier alpha value is -3.32. The highest BCUT2D eigenvalue weighted by atomic mass is 35.5. The van der Waals surface area contributed by atoms with Gasteiger partial charge in [-0.15, -0.1) is 0 Å². The lowest BCUT2D eigenvalue weighted by molar-refractivity contribution is -0.123. The maximum absolute atomic E-state index is 11.9. The van der Waals surface area contributed by atoms with Crippen molar-refractivity contribution in [2.75, 3.05) is 6.61 Å². The van der Waals surface area contributed by atoms with Gasteiger partial charge < -0.3 is 15.0 Å². The van der Waals surface area contributed by atoms with Crippen LogP contribution in [0.25, 0.3) is 10.9 Å². The zero-order valence-corrected chi connectivity index (χ0v) is 15.0. The number of nitrogens with two attached hydrogens (primary N) is 1. The standard InChI is InChI=1S/C19H17ClN4O3/c20-15-6-2-4-8-17(15)27-12-19(26)23-22-9-13-10-24(11-18(21)25)16-7-3-1-5-14(13)16/h1-10H,11-12H2,(H2,21,25)(H,23,26)/b22-9+. The van der Waals surface area contributed by atoms with Crippen LogP contribution in [-0.2, 0) is 16.1 Å². The molecule has 1 aromatic heterocycles. The van der Waals surface area contributed by atoms with Gasteiger partial charge in [0, 0.05) is 22.7 Å². The second kappa shape index (κ2) is 8.37. The normalized spacial score (nSPS) is 11.0. The third-order valence-corrected chi connectivity index (χ3v) is 4.05. The highest BCUT2D eigenvalue weighted by molar-refractivity contribution is 6.32. The van der Waals surface area contributed by atoms with Crippen molar-refractivity contribution in [2.45, 2.75) is 6.54 Å². The van der Waals surface area contributed by atoms with Crippen LogP contribution in [0.4, 0.5) is 0 Å². The van der Waals surface area contributed by atoms with Crippen LogP contribution in [0.15, 0.2) is 59.8 Å². The van der Waals surface area contributed by atoms with E-state index in [0.29, 0.717) is 10.8 Å². The number of amides is 2. The van der Waals surface area contributed by atoms with E-state index in [4.69, 9.17) is 22.1 Å². The topological polar surface area (TPSA) is 98.7 Å². The molecule has 0 fully saturated rings. The minimum absolute atomic E-state index is 0.0619. The summed E-state index contributed by atoms with van der Waals surface area (Å²) in [5.41, 5.74) is 9.28. The van der Waals surface area contributed by atoms with Gasteiger partial charge in [-0.05, 0) is 18.2 Å². The minimum atomic E-state index is -0.440. The van der Waals surface area contributed by atoms with Crippen molar-refractivity contribution in [2.24, 2.45) is 10.8 Å². The molecule has 0 radical (unpaired) electrons. The Morgan fingerprint density at radius 1 is 1.19 bits per heavy atom. The number of rotatable bonds is 7. The van der Waals surface area contributed by atoms with Crippen LogP contribution in [0.5, 0.6) is 5.75 Å². The predicted molar refractivity (Wildman–Crippen MR) is 104 cm³/mol. The Morgan fingerprint density at radius 3 is 2.70 bits per heavy atom. The largest absolute Gasteiger partial charge is 0.482 e. The molecule has 3 aromatic rings. The Bertz CT molecular complexity index is 1010. The van der Waals surface area contributed by atoms with Crippen LogP contribution in [0.2, 0.25) is 5.02 Å². The van der Waals surface area contributed by atoms with Gasteiger partial charge in [0.25, 0.3) is 5.91 Å². The third-order valence-electron chi connectivity index (χ3n) is 3.73. The summed E-state index contributed by atoms with van der Waals surface area (Å²) < 4.78 is 7.08. The quantitative estimate of drug-likeness (QED) is 0.483. The van der Waals surface area contributed by atoms with Gasteiger partial charge in [-0.1, -0.05) is 41.9 Å². The molecule has 0 aliphatic carbocycles. The number of para-hydroxylation sites is 2. The second-order valence-electron chi connectivity index (χ2n) is 5.71. The molecule has 7 nitrogen and oxygen atoms in total. The van der Waals surface area contributed by atoms with Gasteiger partial charge in [-0.3, -0.25) is 9.59 Å². The molecule has 0 atom stereocenters. The first-order valence-corrected chi connectivity index (χ1v) is 8.48. The molecule has 0 spiro atoms. The number of aromatic nitrogens is 1. The number of hydrogen-bond acceptors (Lipinski definition) is 4. The summed E-state index contributed by atoms with van der Waals surface area (Å²) in [5.74, 6) is -0.441. The fraction of sp³-hybridized carbons (Fsp3) is 0.105. The van der Waals surface area contributed by atoms with E-state index in [9.17, 15) is 9.59 Å². The van der Waals surface area contributed by atoms with Gasteiger partial charge in [0.1, 0.15) is 12.3 Å². The summed E-state index contributed by atoms with van der Waals surface area (Å²) in [6.07, 6.45) is 3.26. The van der Waals surface area contributed by atoms with Gasteiger partial charge >= 0.3 is 0 Å². The van der Waals surface area contributed by atoms with E-state index in [-0.39, 0.29) is 13.2 Å². The molecule has 27 heavy (non-hydrogen) atoms. The van der Waals surface area contributed by atoms with E-state index in [1.165, 1.54) is 6.21 Å². The number of benzene rings is 2. The summed E-state index contributed by atoms with van der Waals surface area (Å²) in [7, 11) is 0. The van der Waals surface area contributed by atoms with Crippen LogP contribution in [-0.4, -0.2) is 29.2 Å². The molecule has 1 heterocycles. The summed E-state index contributed by atoms with van der Waals surface area (Å²) in [5, 5.41) is 5.27. The molecule has 0 unspecified atom stereocenters. The average molecular weight is 385 g/mol. The Kier molecular flexibility index (Phi) is 5.73. The molecular formula is C19H17ClN4O3. The minimum Gasteiger partial charge on any atom is -0.482 e. The van der Waals surface area contributed by atoms with Crippen molar-refractivity contribution in [3.63, 3.8) is 0 Å². The van der Waals surface area contributed by atoms with Crippen molar-refractivity contribution in [1.29, 1.82) is 0 Å². The first kappa shape index (κ1) is 18.5. The Labute approximate surface area is 160 Å². The van der Waals surface area contributed by atoms with Crippen LogP contribution >= 0.6 is 11.6 Å². The summed E-state index contributed by atoms with van der Waals surface area (Å²) in [4.78, 5) is 23.1. The lowest BCUT2D eigenvalue weighted by Crippen LogP contribution is -2.24. The van der Waals surface area contributed by atoms with Crippen LogP contribution in [0.1, 0.15) is 5.56 Å². The Balaban J connectivity index is 1.65. The van der Waals surface area contributed by atoms with Crippen LogP contribution in [0, 0.1) is 0 Å². The monoisotopic (exact) mass is 384 g/mol. The van der Waals surface area contributed by atoms with E-state index in [2.05, 4.69) is 10.5 Å². The molecule has 0 aliphatic rings. The van der Waals surface area contributed by atoms with Gasteiger partial charge in [0.15, 0.2) is 6.61 Å². The number of carbonyl (C=O) groups is 2. The Morgan fingerprint density at radius 2 is 1.93 bits per heavy atom. The van der Waals surface area contributed by atoms with Crippen LogP contribution < -0.4 is 15.9 Å². The number of primary amides is 1. The molecule has 0 saturated heterocycles. The SMILES string of the molecule is NC(=O)Cn1cc(/C=N/NC(=O)COc2ccccc2Cl)c2ccccc21. The van der Waals surface area contributed by atoms with Gasteiger partial charge in [-0.25, -0.2) is 5.43 Å². The van der Waals surface area contributed by atoms with Crippen molar-refractivity contribution >= 4 is 40.5 Å². The maximum atomic E-state index is 11.9. The van der Waals surface area contributed by atoms with Gasteiger partial charge in [0.2, 0.25) is 5.91 Å². The zero-order chi connectivity index (χ0) is 19.2. The molecule has 0 aliphatic heterocycles. The molecule has 0 bridgehead atoms. The van der Waals surface area contributed by atoms with Gasteiger partial charge in [-0.2, -0.15) is 5.10 Å². The number of carbonyl (C=O) groups excluding carboxylic acids is 2. The lowest BCUT2D eigenvalue weighted by Gasteiger charge is -2.06. The maximum Gasteiger partial charge on any atom is 0.277 e. The fourth-order valence-corrected chi connectivity index (χ4v) is 2.78.